The molecule has 2 aromatic carbocycles. The highest BCUT2D eigenvalue weighted by Gasteiger charge is 2.13. The number of H-pyrrole nitrogens is 1. The molecule has 2 heterocycles. The summed E-state index contributed by atoms with van der Waals surface area (Å²) in [5, 5.41) is 4.82. The Morgan fingerprint density at radius 3 is 2.41 bits per heavy atom. The molecule has 0 fully saturated rings. The summed E-state index contributed by atoms with van der Waals surface area (Å²) in [5.74, 6) is 0.231. The van der Waals surface area contributed by atoms with Crippen molar-refractivity contribution in [1.82, 2.24) is 15.0 Å². The zero-order valence-electron chi connectivity index (χ0n) is 13.6. The molecule has 8 heteroatoms. The van der Waals surface area contributed by atoms with E-state index in [1.807, 2.05) is 18.2 Å². The summed E-state index contributed by atoms with van der Waals surface area (Å²) in [6, 6.07) is 14.0. The van der Waals surface area contributed by atoms with Gasteiger partial charge in [0.15, 0.2) is 5.65 Å². The largest absolute Gasteiger partial charge is 0.326 e. The molecule has 4 aromatic rings. The lowest BCUT2D eigenvalue weighted by Crippen LogP contribution is -2.13. The third-order valence-corrected chi connectivity index (χ3v) is 4.66. The number of nitrogens with one attached hydrogen (secondary N) is 2. The van der Waals surface area contributed by atoms with E-state index in [0.29, 0.717) is 37.4 Å². The summed E-state index contributed by atoms with van der Waals surface area (Å²) in [7, 11) is 0. The smallest absolute Gasteiger partial charge is 0.262 e. The summed E-state index contributed by atoms with van der Waals surface area (Å²) < 4.78 is 0. The van der Waals surface area contributed by atoms with E-state index in [-0.39, 0.29) is 11.5 Å². The standard InChI is InChI=1S/C19H11Cl3N4O/c20-10-7-11(21)9-12(8-10)24-19-25-17-16(18(27)26-19)14(5-6-23-17)13-3-1-2-4-15(13)22/h1-9H,(H2,23,24,25,26,27). The van der Waals surface area contributed by atoms with Crippen LogP contribution in [0.5, 0.6) is 0 Å². The van der Waals surface area contributed by atoms with Crippen LogP contribution in [0.2, 0.25) is 15.1 Å². The Morgan fingerprint density at radius 2 is 1.67 bits per heavy atom. The lowest BCUT2D eigenvalue weighted by atomic mass is 10.0. The van der Waals surface area contributed by atoms with Gasteiger partial charge in [-0.25, -0.2) is 4.98 Å². The molecule has 2 aromatic heterocycles. The Kier molecular flexibility index (Phi) is 4.74. The summed E-state index contributed by atoms with van der Waals surface area (Å²) in [5.41, 5.74) is 1.96. The van der Waals surface area contributed by atoms with E-state index in [0.717, 1.165) is 5.56 Å². The number of nitrogens with zero attached hydrogens (tertiary/aromatic N) is 2. The topological polar surface area (TPSA) is 70.7 Å². The summed E-state index contributed by atoms with van der Waals surface area (Å²) in [6.45, 7) is 0. The molecule has 134 valence electrons. The molecule has 0 amide bonds. The van der Waals surface area contributed by atoms with Crippen LogP contribution < -0.4 is 10.9 Å². The molecule has 0 saturated heterocycles. The number of hydrogen-bond donors (Lipinski definition) is 2. The molecule has 5 nitrogen and oxygen atoms in total. The molecule has 0 atom stereocenters. The van der Waals surface area contributed by atoms with Gasteiger partial charge in [-0.15, -0.1) is 0 Å². The van der Waals surface area contributed by atoms with Crippen LogP contribution in [0.25, 0.3) is 22.2 Å². The van der Waals surface area contributed by atoms with Gasteiger partial charge in [-0.1, -0.05) is 53.0 Å². The van der Waals surface area contributed by atoms with E-state index in [9.17, 15) is 4.79 Å². The molecular formula is C19H11Cl3N4O. The van der Waals surface area contributed by atoms with Crippen molar-refractivity contribution in [3.63, 3.8) is 0 Å². The van der Waals surface area contributed by atoms with Gasteiger partial charge < -0.3 is 5.32 Å². The van der Waals surface area contributed by atoms with Gasteiger partial charge in [-0.3, -0.25) is 9.78 Å². The molecule has 4 rings (SSSR count). The molecule has 0 spiro atoms. The van der Waals surface area contributed by atoms with E-state index in [1.165, 1.54) is 0 Å². The van der Waals surface area contributed by atoms with Crippen molar-refractivity contribution >= 4 is 57.5 Å². The van der Waals surface area contributed by atoms with E-state index < -0.39 is 0 Å². The van der Waals surface area contributed by atoms with Crippen LogP contribution in [0.15, 0.2) is 59.5 Å². The highest BCUT2D eigenvalue weighted by atomic mass is 35.5. The number of aromatic nitrogens is 3. The molecular weight excluding hydrogens is 407 g/mol. The number of aromatic amines is 1. The molecule has 27 heavy (non-hydrogen) atoms. The third kappa shape index (κ3) is 3.62. The number of pyridine rings is 1. The maximum atomic E-state index is 12.8. The van der Waals surface area contributed by atoms with Gasteiger partial charge in [0.05, 0.1) is 5.39 Å². The van der Waals surface area contributed by atoms with Gasteiger partial charge in [-0.05, 0) is 30.3 Å². The zero-order valence-corrected chi connectivity index (χ0v) is 15.9. The third-order valence-electron chi connectivity index (χ3n) is 3.90. The molecule has 0 aliphatic carbocycles. The van der Waals surface area contributed by atoms with Crippen molar-refractivity contribution in [3.05, 3.63) is 80.1 Å². The fourth-order valence-electron chi connectivity index (χ4n) is 2.79. The minimum absolute atomic E-state index is 0.231. The number of anilines is 2. The number of halogens is 3. The molecule has 0 unspecified atom stereocenters. The van der Waals surface area contributed by atoms with Crippen LogP contribution in [0.3, 0.4) is 0 Å². The van der Waals surface area contributed by atoms with Crippen molar-refractivity contribution in [1.29, 1.82) is 0 Å². The number of benzene rings is 2. The highest BCUT2D eigenvalue weighted by molar-refractivity contribution is 6.35. The van der Waals surface area contributed by atoms with E-state index in [1.54, 1.807) is 36.5 Å². The second-order valence-corrected chi connectivity index (χ2v) is 7.01. The first kappa shape index (κ1) is 17.8. The lowest BCUT2D eigenvalue weighted by molar-refractivity contribution is 1.14. The average Bonchev–Trinajstić information content (AvgIpc) is 2.60. The lowest BCUT2D eigenvalue weighted by Gasteiger charge is -2.10. The van der Waals surface area contributed by atoms with Crippen molar-refractivity contribution in [2.45, 2.75) is 0 Å². The Morgan fingerprint density at radius 1 is 0.926 bits per heavy atom. The average molecular weight is 418 g/mol. The molecule has 0 bridgehead atoms. The van der Waals surface area contributed by atoms with Gasteiger partial charge in [-0.2, -0.15) is 4.98 Å². The Labute approximate surface area is 169 Å². The van der Waals surface area contributed by atoms with Crippen LogP contribution in [-0.4, -0.2) is 15.0 Å². The summed E-state index contributed by atoms with van der Waals surface area (Å²) >= 11 is 18.3. The molecule has 0 saturated carbocycles. The summed E-state index contributed by atoms with van der Waals surface area (Å²) in [4.78, 5) is 24.1. The quantitative estimate of drug-likeness (QED) is 0.449. The SMILES string of the molecule is O=c1[nH]c(Nc2cc(Cl)cc(Cl)c2)nc2nccc(-c3ccccc3Cl)c12. The number of rotatable bonds is 3. The van der Waals surface area contributed by atoms with Crippen molar-refractivity contribution in [2.75, 3.05) is 5.32 Å². The van der Waals surface area contributed by atoms with Gasteiger partial charge >= 0.3 is 0 Å². The Hall–Kier alpha value is -2.60. The predicted molar refractivity (Wildman–Crippen MR) is 110 cm³/mol. The van der Waals surface area contributed by atoms with E-state index >= 15 is 0 Å². The minimum atomic E-state index is -0.335. The fraction of sp³-hybridized carbons (Fsp3) is 0. The molecule has 0 aliphatic rings. The molecule has 0 aliphatic heterocycles. The Bertz CT molecular complexity index is 1200. The predicted octanol–water partition coefficient (Wildman–Crippen LogP) is 5.69. The van der Waals surface area contributed by atoms with Crippen molar-refractivity contribution in [3.8, 4) is 11.1 Å². The van der Waals surface area contributed by atoms with Gasteiger partial charge in [0.25, 0.3) is 5.56 Å². The van der Waals surface area contributed by atoms with Gasteiger partial charge in [0.1, 0.15) is 0 Å². The van der Waals surface area contributed by atoms with Crippen LogP contribution in [0.4, 0.5) is 11.6 Å². The summed E-state index contributed by atoms with van der Waals surface area (Å²) in [6.07, 6.45) is 1.59. The van der Waals surface area contributed by atoms with Gasteiger partial charge in [0, 0.05) is 38.1 Å². The Balaban J connectivity index is 1.84. The first-order valence-electron chi connectivity index (χ1n) is 7.88. The number of hydrogen-bond acceptors (Lipinski definition) is 4. The maximum absolute atomic E-state index is 12.8. The van der Waals surface area contributed by atoms with Gasteiger partial charge in [0.2, 0.25) is 5.95 Å². The highest BCUT2D eigenvalue weighted by Crippen LogP contribution is 2.31. The maximum Gasteiger partial charge on any atom is 0.262 e. The van der Waals surface area contributed by atoms with Crippen molar-refractivity contribution < 1.29 is 0 Å². The second kappa shape index (κ2) is 7.19. The van der Waals surface area contributed by atoms with Crippen molar-refractivity contribution in [2.24, 2.45) is 0 Å². The first-order valence-corrected chi connectivity index (χ1v) is 9.02. The number of fused-ring (bicyclic) bond motifs is 1. The van der Waals surface area contributed by atoms with Crippen LogP contribution >= 0.6 is 34.8 Å². The molecule has 2 N–H and O–H groups in total. The molecule has 0 radical (unpaired) electrons. The van der Waals surface area contributed by atoms with E-state index in [4.69, 9.17) is 34.8 Å². The first-order chi connectivity index (χ1) is 13.0. The van der Waals surface area contributed by atoms with Crippen LogP contribution in [0, 0.1) is 0 Å². The van der Waals surface area contributed by atoms with E-state index in [2.05, 4.69) is 20.3 Å². The monoisotopic (exact) mass is 416 g/mol. The fourth-order valence-corrected chi connectivity index (χ4v) is 3.55. The van der Waals surface area contributed by atoms with Crippen LogP contribution in [-0.2, 0) is 0 Å². The van der Waals surface area contributed by atoms with Crippen LogP contribution in [0.1, 0.15) is 0 Å². The second-order valence-electron chi connectivity index (χ2n) is 5.73. The zero-order chi connectivity index (χ0) is 19.0. The normalized spacial score (nSPS) is 10.9. The minimum Gasteiger partial charge on any atom is -0.326 e.